The third-order valence-electron chi connectivity index (χ3n) is 3.96. The lowest BCUT2D eigenvalue weighted by atomic mass is 9.82. The van der Waals surface area contributed by atoms with E-state index in [9.17, 15) is 4.79 Å². The van der Waals surface area contributed by atoms with Crippen molar-refractivity contribution >= 4 is 5.91 Å². The van der Waals surface area contributed by atoms with Crippen LogP contribution in [-0.4, -0.2) is 5.91 Å². The highest BCUT2D eigenvalue weighted by Gasteiger charge is 2.38. The van der Waals surface area contributed by atoms with Gasteiger partial charge in [-0.1, -0.05) is 42.5 Å². The molecule has 0 aliphatic heterocycles. The van der Waals surface area contributed by atoms with E-state index in [1.807, 2.05) is 36.4 Å². The Balaban J connectivity index is 2.21. The number of primary amides is 1. The van der Waals surface area contributed by atoms with Gasteiger partial charge in [0.25, 0.3) is 0 Å². The van der Waals surface area contributed by atoms with Crippen LogP contribution in [0, 0.1) is 0 Å². The summed E-state index contributed by atoms with van der Waals surface area (Å²) in [6.45, 7) is 0. The second-order valence-electron chi connectivity index (χ2n) is 5.04. The summed E-state index contributed by atoms with van der Waals surface area (Å²) in [4.78, 5) is 11.6. The predicted octanol–water partition coefficient (Wildman–Crippen LogP) is 1.93. The molecule has 0 bridgehead atoms. The number of carbonyl (C=O) groups is 1. The van der Waals surface area contributed by atoms with Crippen molar-refractivity contribution in [2.24, 2.45) is 11.5 Å². The summed E-state index contributed by atoms with van der Waals surface area (Å²) in [6, 6.07) is 15.5. The van der Waals surface area contributed by atoms with Gasteiger partial charge < -0.3 is 11.5 Å². The average molecular weight is 252 g/mol. The van der Waals surface area contributed by atoms with Crippen molar-refractivity contribution in [3.63, 3.8) is 0 Å². The highest BCUT2D eigenvalue weighted by atomic mass is 16.1. The van der Waals surface area contributed by atoms with Gasteiger partial charge in [-0.3, -0.25) is 4.79 Å². The molecule has 96 valence electrons. The van der Waals surface area contributed by atoms with Gasteiger partial charge in [-0.25, -0.2) is 0 Å². The summed E-state index contributed by atoms with van der Waals surface area (Å²) in [5.41, 5.74) is 15.2. The van der Waals surface area contributed by atoms with Crippen LogP contribution < -0.4 is 11.5 Å². The Morgan fingerprint density at radius 2 is 1.63 bits per heavy atom. The van der Waals surface area contributed by atoms with Crippen LogP contribution >= 0.6 is 0 Å². The average Bonchev–Trinajstić information content (AvgIpc) is 2.78. The Morgan fingerprint density at radius 1 is 1.00 bits per heavy atom. The maximum atomic E-state index is 11.6. The molecule has 0 heterocycles. The van der Waals surface area contributed by atoms with Crippen LogP contribution in [0.1, 0.15) is 33.5 Å². The molecule has 19 heavy (non-hydrogen) atoms. The molecule has 3 nitrogen and oxygen atoms in total. The van der Waals surface area contributed by atoms with Crippen molar-refractivity contribution in [2.75, 3.05) is 0 Å². The maximum absolute atomic E-state index is 11.6. The smallest absolute Gasteiger partial charge is 0.249 e. The number of amides is 1. The van der Waals surface area contributed by atoms with Gasteiger partial charge in [0.2, 0.25) is 5.91 Å². The molecule has 1 aliphatic carbocycles. The van der Waals surface area contributed by atoms with E-state index in [0.717, 1.165) is 24.0 Å². The number of hydrogen-bond acceptors (Lipinski definition) is 2. The molecule has 1 atom stereocenters. The molecule has 1 amide bonds. The van der Waals surface area contributed by atoms with Gasteiger partial charge in [-0.15, -0.1) is 0 Å². The van der Waals surface area contributed by atoms with E-state index < -0.39 is 11.4 Å². The molecule has 3 heteroatoms. The largest absolute Gasteiger partial charge is 0.366 e. The summed E-state index contributed by atoms with van der Waals surface area (Å²) < 4.78 is 0. The normalized spacial score (nSPS) is 21.1. The van der Waals surface area contributed by atoms with Crippen LogP contribution in [0.5, 0.6) is 0 Å². The standard InChI is InChI=1S/C16H16N2O/c17-15(19)12-6-2-4-8-14(12)16(18)10-9-11-5-1-3-7-13(11)16/h1-8H,9-10,18H2,(H2,17,19). The summed E-state index contributed by atoms with van der Waals surface area (Å²) in [6.07, 6.45) is 1.73. The zero-order valence-electron chi connectivity index (χ0n) is 10.6. The van der Waals surface area contributed by atoms with E-state index in [-0.39, 0.29) is 0 Å². The van der Waals surface area contributed by atoms with Gasteiger partial charge in [0.05, 0.1) is 5.54 Å². The molecule has 4 N–H and O–H groups in total. The first-order chi connectivity index (χ1) is 9.13. The fraction of sp³-hybridized carbons (Fsp3) is 0.188. The third kappa shape index (κ3) is 1.74. The van der Waals surface area contributed by atoms with Crippen LogP contribution in [0.25, 0.3) is 0 Å². The zero-order chi connectivity index (χ0) is 13.5. The molecule has 3 rings (SSSR count). The molecule has 2 aromatic carbocycles. The second-order valence-corrected chi connectivity index (χ2v) is 5.04. The fourth-order valence-corrected chi connectivity index (χ4v) is 3.01. The van der Waals surface area contributed by atoms with E-state index in [2.05, 4.69) is 6.07 Å². The van der Waals surface area contributed by atoms with Crippen molar-refractivity contribution in [3.8, 4) is 0 Å². The fourth-order valence-electron chi connectivity index (χ4n) is 3.01. The van der Waals surface area contributed by atoms with E-state index in [1.54, 1.807) is 6.07 Å². The Hall–Kier alpha value is -2.13. The number of benzene rings is 2. The minimum atomic E-state index is -0.609. The minimum Gasteiger partial charge on any atom is -0.366 e. The predicted molar refractivity (Wildman–Crippen MR) is 74.7 cm³/mol. The van der Waals surface area contributed by atoms with Gasteiger partial charge in [0.1, 0.15) is 0 Å². The van der Waals surface area contributed by atoms with Crippen LogP contribution in [0.15, 0.2) is 48.5 Å². The minimum absolute atomic E-state index is 0.426. The molecule has 0 aromatic heterocycles. The van der Waals surface area contributed by atoms with Gasteiger partial charge in [0.15, 0.2) is 0 Å². The Labute approximate surface area is 112 Å². The number of fused-ring (bicyclic) bond motifs is 1. The second kappa shape index (κ2) is 4.21. The molecule has 0 saturated heterocycles. The van der Waals surface area contributed by atoms with E-state index in [4.69, 9.17) is 11.5 Å². The molecule has 0 spiro atoms. The number of aryl methyl sites for hydroxylation is 1. The summed E-state index contributed by atoms with van der Waals surface area (Å²) >= 11 is 0. The lowest BCUT2D eigenvalue weighted by Gasteiger charge is -2.28. The summed E-state index contributed by atoms with van der Waals surface area (Å²) in [5.74, 6) is -0.426. The van der Waals surface area contributed by atoms with Crippen molar-refractivity contribution in [2.45, 2.75) is 18.4 Å². The summed E-state index contributed by atoms with van der Waals surface area (Å²) in [5, 5.41) is 0. The number of rotatable bonds is 2. The van der Waals surface area contributed by atoms with Crippen LogP contribution in [0.3, 0.4) is 0 Å². The lowest BCUT2D eigenvalue weighted by Crippen LogP contribution is -2.37. The third-order valence-corrected chi connectivity index (χ3v) is 3.96. The first-order valence-electron chi connectivity index (χ1n) is 6.39. The first kappa shape index (κ1) is 11.9. The van der Waals surface area contributed by atoms with Gasteiger partial charge in [-0.05, 0) is 35.6 Å². The molecule has 0 saturated carbocycles. The Kier molecular flexibility index (Phi) is 2.64. The van der Waals surface area contributed by atoms with Crippen molar-refractivity contribution in [1.82, 2.24) is 0 Å². The molecule has 0 fully saturated rings. The quantitative estimate of drug-likeness (QED) is 0.857. The molecule has 1 aliphatic rings. The van der Waals surface area contributed by atoms with Gasteiger partial charge in [0, 0.05) is 5.56 Å². The first-order valence-corrected chi connectivity index (χ1v) is 6.39. The Bertz CT molecular complexity index is 651. The topological polar surface area (TPSA) is 69.1 Å². The van der Waals surface area contributed by atoms with Crippen LogP contribution in [0.4, 0.5) is 0 Å². The highest BCUT2D eigenvalue weighted by Crippen LogP contribution is 2.40. The number of hydrogen-bond donors (Lipinski definition) is 2. The SMILES string of the molecule is NC(=O)c1ccccc1C1(N)CCc2ccccc21. The van der Waals surface area contributed by atoms with E-state index in [0.29, 0.717) is 5.56 Å². The van der Waals surface area contributed by atoms with E-state index in [1.165, 1.54) is 5.56 Å². The van der Waals surface area contributed by atoms with Gasteiger partial charge in [-0.2, -0.15) is 0 Å². The Morgan fingerprint density at radius 3 is 2.37 bits per heavy atom. The van der Waals surface area contributed by atoms with Crippen LogP contribution in [-0.2, 0) is 12.0 Å². The van der Waals surface area contributed by atoms with Crippen LogP contribution in [0.2, 0.25) is 0 Å². The molecule has 2 aromatic rings. The van der Waals surface area contributed by atoms with E-state index >= 15 is 0 Å². The molecular formula is C16H16N2O. The van der Waals surface area contributed by atoms with Gasteiger partial charge >= 0.3 is 0 Å². The number of carbonyl (C=O) groups excluding carboxylic acids is 1. The molecule has 1 unspecified atom stereocenters. The highest BCUT2D eigenvalue weighted by molar-refractivity contribution is 5.95. The number of nitrogens with two attached hydrogens (primary N) is 2. The lowest BCUT2D eigenvalue weighted by molar-refractivity contribution is 0.0998. The zero-order valence-corrected chi connectivity index (χ0v) is 10.6. The van der Waals surface area contributed by atoms with Crippen molar-refractivity contribution in [3.05, 3.63) is 70.8 Å². The maximum Gasteiger partial charge on any atom is 0.249 e. The van der Waals surface area contributed by atoms with Crippen molar-refractivity contribution in [1.29, 1.82) is 0 Å². The monoisotopic (exact) mass is 252 g/mol. The molecular weight excluding hydrogens is 236 g/mol. The summed E-state index contributed by atoms with van der Waals surface area (Å²) in [7, 11) is 0. The van der Waals surface area contributed by atoms with Crippen molar-refractivity contribution < 1.29 is 4.79 Å². The molecule has 0 radical (unpaired) electrons.